The number of fused-ring (bicyclic) bond motifs is 13. The van der Waals surface area contributed by atoms with Crippen molar-refractivity contribution in [3.8, 4) is 33.9 Å². The van der Waals surface area contributed by atoms with Gasteiger partial charge in [-0.25, -0.2) is 0 Å². The first kappa shape index (κ1) is 34.1. The fraction of sp³-hybridized carbons (Fsp3) is 0. The maximum Gasteiger partial charge on any atom is 0.222 e. The average Bonchev–Trinajstić information content (AvgIpc) is 4.13. The molecule has 0 fully saturated rings. The van der Waals surface area contributed by atoms with Gasteiger partial charge < -0.3 is 9.13 Å². The molecule has 0 saturated heterocycles. The Balaban J connectivity index is 0.981. The molecule has 63 heavy (non-hydrogen) atoms. The molecule has 0 aliphatic heterocycles. The van der Waals surface area contributed by atoms with Gasteiger partial charge in [0.1, 0.15) is 5.52 Å². The van der Waals surface area contributed by atoms with Crippen LogP contribution in [-0.4, -0.2) is 27.7 Å². The molecule has 0 atom stereocenters. The summed E-state index contributed by atoms with van der Waals surface area (Å²) < 4.78 is 11.8. The minimum Gasteiger partial charge on any atom is -0.309 e. The molecule has 294 valence electrons. The molecule has 0 aliphatic carbocycles. The Labute approximate surface area is 361 Å². The van der Waals surface area contributed by atoms with Gasteiger partial charge in [0.05, 0.1) is 38.6 Å². The van der Waals surface area contributed by atoms with E-state index in [1.807, 2.05) is 0 Å². The number of benzene rings is 9. The van der Waals surface area contributed by atoms with Crippen molar-refractivity contribution < 1.29 is 0 Å². The molecule has 0 saturated carbocycles. The molecule has 14 rings (SSSR count). The summed E-state index contributed by atoms with van der Waals surface area (Å²) in [7, 11) is 0. The highest BCUT2D eigenvalue weighted by molar-refractivity contribution is 6.13. The summed E-state index contributed by atoms with van der Waals surface area (Å²) in [6.45, 7) is 0. The predicted octanol–water partition coefficient (Wildman–Crippen LogP) is 14.2. The van der Waals surface area contributed by atoms with Crippen LogP contribution in [0.25, 0.3) is 116 Å². The molecule has 0 aliphatic rings. The van der Waals surface area contributed by atoms with Crippen LogP contribution in [0.3, 0.4) is 0 Å². The minimum absolute atomic E-state index is 0.879. The number of hydrogen-bond donors (Lipinski definition) is 0. The molecule has 0 radical (unpaired) electrons. The molecule has 9 aromatic carbocycles. The topological polar surface area (TPSA) is 37.0 Å². The van der Waals surface area contributed by atoms with E-state index in [0.29, 0.717) is 0 Å². The van der Waals surface area contributed by atoms with E-state index < -0.39 is 0 Å². The first-order chi connectivity index (χ1) is 31.3. The molecule has 5 aromatic heterocycles. The molecular formula is C57H36N6. The summed E-state index contributed by atoms with van der Waals surface area (Å²) in [4.78, 5) is 5.51. The Morgan fingerprint density at radius 2 is 0.698 bits per heavy atom. The van der Waals surface area contributed by atoms with Gasteiger partial charge in [-0.05, 0) is 108 Å². The lowest BCUT2D eigenvalue weighted by atomic mass is 10.0. The van der Waals surface area contributed by atoms with Gasteiger partial charge in [-0.1, -0.05) is 121 Å². The fourth-order valence-corrected chi connectivity index (χ4v) is 10.4. The molecule has 0 bridgehead atoms. The van der Waals surface area contributed by atoms with E-state index in [1.54, 1.807) is 0 Å². The summed E-state index contributed by atoms with van der Waals surface area (Å²) in [5.74, 6) is 0.879. The third kappa shape index (κ3) is 4.80. The molecule has 0 spiro atoms. The number of para-hydroxylation sites is 6. The van der Waals surface area contributed by atoms with Gasteiger partial charge >= 0.3 is 0 Å². The van der Waals surface area contributed by atoms with Gasteiger partial charge in [-0.15, -0.1) is 0 Å². The van der Waals surface area contributed by atoms with Crippen LogP contribution in [0.5, 0.6) is 0 Å². The Hall–Kier alpha value is -8.61. The summed E-state index contributed by atoms with van der Waals surface area (Å²) in [5, 5.41) is 6.11. The normalized spacial score (nSPS) is 12.1. The van der Waals surface area contributed by atoms with Gasteiger partial charge in [0.2, 0.25) is 5.78 Å². The van der Waals surface area contributed by atoms with Gasteiger partial charge in [0.25, 0.3) is 0 Å². The first-order valence-electron chi connectivity index (χ1n) is 21.5. The van der Waals surface area contributed by atoms with E-state index in [-0.39, 0.29) is 0 Å². The number of aromatic nitrogens is 6. The Bertz CT molecular complexity index is 4120. The van der Waals surface area contributed by atoms with E-state index in [9.17, 15) is 0 Å². The lowest BCUT2D eigenvalue weighted by Gasteiger charge is -2.11. The van der Waals surface area contributed by atoms with E-state index in [2.05, 4.69) is 241 Å². The molecule has 6 heteroatoms. The van der Waals surface area contributed by atoms with Crippen LogP contribution in [0.15, 0.2) is 218 Å². The van der Waals surface area contributed by atoms with Crippen LogP contribution in [-0.2, 0) is 0 Å². The molecule has 5 heterocycles. The van der Waals surface area contributed by atoms with E-state index >= 15 is 0 Å². The van der Waals surface area contributed by atoms with Gasteiger partial charge in [0.15, 0.2) is 5.65 Å². The van der Waals surface area contributed by atoms with Gasteiger partial charge in [-0.3, -0.25) is 13.5 Å². The SMILES string of the molecule is c1ccc(-n2c3ccccc3c3cc(-c4ccc5c(c4)c4ccccc4n5-c4ccc5c(c4)n(-c4ccccc4)c4nc6c(c7ccccc7n6-c6ccccc6)n54)ccc32)cc1. The minimum atomic E-state index is 0.879. The number of rotatable bonds is 5. The monoisotopic (exact) mass is 804 g/mol. The van der Waals surface area contributed by atoms with Crippen molar-refractivity contribution in [2.24, 2.45) is 0 Å². The second-order valence-electron chi connectivity index (χ2n) is 16.5. The van der Waals surface area contributed by atoms with Crippen LogP contribution in [0.2, 0.25) is 0 Å². The van der Waals surface area contributed by atoms with Crippen molar-refractivity contribution in [3.05, 3.63) is 218 Å². The van der Waals surface area contributed by atoms with E-state index in [0.717, 1.165) is 61.8 Å². The second kappa shape index (κ2) is 12.9. The highest BCUT2D eigenvalue weighted by atomic mass is 15.2. The Morgan fingerprint density at radius 3 is 1.27 bits per heavy atom. The van der Waals surface area contributed by atoms with Gasteiger partial charge in [0, 0.05) is 49.7 Å². The largest absolute Gasteiger partial charge is 0.309 e. The highest BCUT2D eigenvalue weighted by Gasteiger charge is 2.25. The number of nitrogens with zero attached hydrogens (tertiary/aromatic N) is 6. The van der Waals surface area contributed by atoms with Crippen LogP contribution in [0, 0.1) is 0 Å². The summed E-state index contributed by atoms with van der Waals surface area (Å²) >= 11 is 0. The van der Waals surface area contributed by atoms with Crippen LogP contribution < -0.4 is 0 Å². The molecule has 0 amide bonds. The van der Waals surface area contributed by atoms with E-state index in [1.165, 1.54) is 54.6 Å². The van der Waals surface area contributed by atoms with Crippen molar-refractivity contribution >= 4 is 82.5 Å². The van der Waals surface area contributed by atoms with Crippen molar-refractivity contribution in [2.45, 2.75) is 0 Å². The van der Waals surface area contributed by atoms with Crippen LogP contribution in [0.1, 0.15) is 0 Å². The average molecular weight is 805 g/mol. The summed E-state index contributed by atoms with van der Waals surface area (Å²) in [5.41, 5.74) is 16.9. The maximum absolute atomic E-state index is 5.51. The third-order valence-electron chi connectivity index (χ3n) is 13.1. The third-order valence-corrected chi connectivity index (χ3v) is 13.1. The van der Waals surface area contributed by atoms with Crippen LogP contribution in [0.4, 0.5) is 0 Å². The number of hydrogen-bond acceptors (Lipinski definition) is 1. The predicted molar refractivity (Wildman–Crippen MR) is 260 cm³/mol. The molecule has 6 nitrogen and oxygen atoms in total. The van der Waals surface area contributed by atoms with Crippen molar-refractivity contribution in [3.63, 3.8) is 0 Å². The first-order valence-corrected chi connectivity index (χ1v) is 21.5. The Kier molecular flexibility index (Phi) is 7.02. The van der Waals surface area contributed by atoms with Gasteiger partial charge in [-0.2, -0.15) is 4.98 Å². The zero-order valence-electron chi connectivity index (χ0n) is 34.0. The van der Waals surface area contributed by atoms with E-state index in [4.69, 9.17) is 4.98 Å². The number of imidazole rings is 2. The van der Waals surface area contributed by atoms with Crippen molar-refractivity contribution in [1.29, 1.82) is 0 Å². The molecule has 14 aromatic rings. The maximum atomic E-state index is 5.51. The molecule has 0 unspecified atom stereocenters. The smallest absolute Gasteiger partial charge is 0.222 e. The highest BCUT2D eigenvalue weighted by Crippen LogP contribution is 2.41. The standard InChI is InChI=1S/C57H36N6/c1-4-16-39(17-5-1)59-48-25-13-10-22-43(48)46-34-37(28-31-51(46)59)38-29-32-52-47(35-38)44-23-11-14-26-49(44)60(52)42-30-33-53-54(36-42)62(41-20-8-3-9-21-41)57-58-56-55(63(53)57)45-24-12-15-27-50(45)61(56)40-18-6-2-7-19-40/h1-36H. The lowest BCUT2D eigenvalue weighted by molar-refractivity contribution is 1.09. The Morgan fingerprint density at radius 1 is 0.270 bits per heavy atom. The fourth-order valence-electron chi connectivity index (χ4n) is 10.4. The zero-order valence-corrected chi connectivity index (χ0v) is 34.0. The summed E-state index contributed by atoms with van der Waals surface area (Å²) in [6.07, 6.45) is 0. The molecule has 0 N–H and O–H groups in total. The van der Waals surface area contributed by atoms with Crippen molar-refractivity contribution in [1.82, 2.24) is 27.7 Å². The quantitative estimate of drug-likeness (QED) is 0.171. The summed E-state index contributed by atoms with van der Waals surface area (Å²) in [6, 6.07) is 78.8. The lowest BCUT2D eigenvalue weighted by Crippen LogP contribution is -1.98. The van der Waals surface area contributed by atoms with Crippen LogP contribution >= 0.6 is 0 Å². The zero-order chi connectivity index (χ0) is 41.2. The second-order valence-corrected chi connectivity index (χ2v) is 16.5. The van der Waals surface area contributed by atoms with Crippen molar-refractivity contribution in [2.75, 3.05) is 0 Å². The molecular weight excluding hydrogens is 769 g/mol.